The second-order valence-corrected chi connectivity index (χ2v) is 5.12. The molecule has 100 valence electrons. The first kappa shape index (κ1) is 14.5. The van der Waals surface area contributed by atoms with Crippen molar-refractivity contribution in [2.24, 2.45) is 5.92 Å². The van der Waals surface area contributed by atoms with E-state index >= 15 is 0 Å². The summed E-state index contributed by atoms with van der Waals surface area (Å²) in [5, 5.41) is 6.24. The summed E-state index contributed by atoms with van der Waals surface area (Å²) in [5.41, 5.74) is 0. The summed E-state index contributed by atoms with van der Waals surface area (Å²) in [4.78, 5) is 11.6. The summed E-state index contributed by atoms with van der Waals surface area (Å²) >= 11 is 0. The molecule has 17 heavy (non-hydrogen) atoms. The maximum absolute atomic E-state index is 11.6. The fourth-order valence-electron chi connectivity index (χ4n) is 1.90. The van der Waals surface area contributed by atoms with Crippen LogP contribution in [0, 0.1) is 5.92 Å². The van der Waals surface area contributed by atoms with Gasteiger partial charge < -0.3 is 15.4 Å². The fourth-order valence-corrected chi connectivity index (χ4v) is 1.90. The van der Waals surface area contributed by atoms with Gasteiger partial charge in [0, 0.05) is 19.8 Å². The number of carbonyl (C=O) groups is 1. The number of hydrogen-bond donors (Lipinski definition) is 2. The molecule has 0 aromatic carbocycles. The van der Waals surface area contributed by atoms with Gasteiger partial charge in [-0.15, -0.1) is 0 Å². The van der Waals surface area contributed by atoms with Crippen LogP contribution in [0.2, 0.25) is 0 Å². The van der Waals surface area contributed by atoms with Gasteiger partial charge in [-0.1, -0.05) is 13.8 Å². The van der Waals surface area contributed by atoms with Gasteiger partial charge in [0.1, 0.15) is 0 Å². The Kier molecular flexibility index (Phi) is 7.21. The lowest BCUT2D eigenvalue weighted by Gasteiger charge is -2.15. The molecule has 0 aromatic rings. The van der Waals surface area contributed by atoms with Crippen LogP contribution in [0.1, 0.15) is 39.5 Å². The maximum atomic E-state index is 11.6. The number of carbonyl (C=O) groups excluding carboxylic acids is 1. The van der Waals surface area contributed by atoms with Crippen LogP contribution in [0.3, 0.4) is 0 Å². The average Bonchev–Trinajstić information content (AvgIpc) is 2.48. The van der Waals surface area contributed by atoms with E-state index in [9.17, 15) is 4.79 Å². The van der Waals surface area contributed by atoms with Crippen LogP contribution < -0.4 is 10.6 Å². The van der Waals surface area contributed by atoms with Crippen LogP contribution in [-0.4, -0.2) is 38.3 Å². The summed E-state index contributed by atoms with van der Waals surface area (Å²) in [5.74, 6) is 0.751. The number of rotatable bonds is 7. The second-order valence-electron chi connectivity index (χ2n) is 5.12. The molecule has 4 nitrogen and oxygen atoms in total. The van der Waals surface area contributed by atoms with Gasteiger partial charge in [0.15, 0.2) is 0 Å². The molecule has 1 aliphatic rings. The normalized spacial score (nSPS) is 21.4. The standard InChI is InChI=1S/C13H26N2O2/c1-11(2)10-17-9-5-8-14-12-6-3-4-7-15-13(12)16/h11-12,14H,3-10H2,1-2H3,(H,15,16). The Morgan fingerprint density at radius 2 is 2.29 bits per heavy atom. The zero-order valence-corrected chi connectivity index (χ0v) is 11.1. The largest absolute Gasteiger partial charge is 0.381 e. The molecule has 2 N–H and O–H groups in total. The topological polar surface area (TPSA) is 50.4 Å². The minimum Gasteiger partial charge on any atom is -0.381 e. The highest BCUT2D eigenvalue weighted by molar-refractivity contribution is 5.81. The Balaban J connectivity index is 2.02. The Morgan fingerprint density at radius 3 is 3.06 bits per heavy atom. The summed E-state index contributed by atoms with van der Waals surface area (Å²) in [6, 6.07) is 0.00241. The highest BCUT2D eigenvalue weighted by Crippen LogP contribution is 2.05. The molecule has 0 aromatic heterocycles. The van der Waals surface area contributed by atoms with Gasteiger partial charge in [0.05, 0.1) is 6.04 Å². The lowest BCUT2D eigenvalue weighted by molar-refractivity contribution is -0.122. The van der Waals surface area contributed by atoms with Gasteiger partial charge in [-0.2, -0.15) is 0 Å². The smallest absolute Gasteiger partial charge is 0.237 e. The summed E-state index contributed by atoms with van der Waals surface area (Å²) in [7, 11) is 0. The summed E-state index contributed by atoms with van der Waals surface area (Å²) in [6.45, 7) is 7.58. The fraction of sp³-hybridized carbons (Fsp3) is 0.923. The highest BCUT2D eigenvalue weighted by atomic mass is 16.5. The Morgan fingerprint density at radius 1 is 1.47 bits per heavy atom. The SMILES string of the molecule is CC(C)COCCCNC1CCCCNC1=O. The quantitative estimate of drug-likeness (QED) is 0.662. The number of nitrogens with one attached hydrogen (secondary N) is 2. The Hall–Kier alpha value is -0.610. The van der Waals surface area contributed by atoms with Crippen LogP contribution in [0.5, 0.6) is 0 Å². The molecule has 0 bridgehead atoms. The van der Waals surface area contributed by atoms with Gasteiger partial charge in [-0.05, 0) is 38.1 Å². The Labute approximate surface area is 104 Å². The van der Waals surface area contributed by atoms with Gasteiger partial charge in [0.25, 0.3) is 0 Å². The van der Waals surface area contributed by atoms with Crippen LogP contribution >= 0.6 is 0 Å². The molecule has 4 heteroatoms. The number of amides is 1. The zero-order valence-electron chi connectivity index (χ0n) is 11.1. The predicted octanol–water partition coefficient (Wildman–Crippen LogP) is 1.31. The van der Waals surface area contributed by atoms with Crippen LogP contribution in [0.15, 0.2) is 0 Å². The second kappa shape index (κ2) is 8.48. The van der Waals surface area contributed by atoms with E-state index in [0.717, 1.165) is 52.0 Å². The molecule has 1 amide bonds. The molecular formula is C13H26N2O2. The first-order chi connectivity index (χ1) is 8.20. The predicted molar refractivity (Wildman–Crippen MR) is 68.9 cm³/mol. The molecule has 1 unspecified atom stereocenters. The van der Waals surface area contributed by atoms with Crippen molar-refractivity contribution in [3.8, 4) is 0 Å². The van der Waals surface area contributed by atoms with Crippen molar-refractivity contribution >= 4 is 5.91 Å². The van der Waals surface area contributed by atoms with Crippen molar-refractivity contribution in [1.29, 1.82) is 0 Å². The molecule has 0 saturated carbocycles. The lowest BCUT2D eigenvalue weighted by atomic mass is 10.1. The van der Waals surface area contributed by atoms with E-state index in [4.69, 9.17) is 4.74 Å². The minimum atomic E-state index is 0.00241. The highest BCUT2D eigenvalue weighted by Gasteiger charge is 2.19. The minimum absolute atomic E-state index is 0.00241. The summed E-state index contributed by atoms with van der Waals surface area (Å²) < 4.78 is 5.50. The van der Waals surface area contributed by atoms with E-state index in [1.54, 1.807) is 0 Å². The van der Waals surface area contributed by atoms with E-state index in [-0.39, 0.29) is 11.9 Å². The monoisotopic (exact) mass is 242 g/mol. The third-order valence-electron chi connectivity index (χ3n) is 2.84. The van der Waals surface area contributed by atoms with E-state index in [0.29, 0.717) is 5.92 Å². The van der Waals surface area contributed by atoms with Gasteiger partial charge >= 0.3 is 0 Å². The van der Waals surface area contributed by atoms with Crippen molar-refractivity contribution in [1.82, 2.24) is 10.6 Å². The number of hydrogen-bond acceptors (Lipinski definition) is 3. The maximum Gasteiger partial charge on any atom is 0.237 e. The van der Waals surface area contributed by atoms with Gasteiger partial charge in [-0.3, -0.25) is 4.79 Å². The molecule has 0 aliphatic carbocycles. The van der Waals surface area contributed by atoms with Crippen LogP contribution in [0.25, 0.3) is 0 Å². The third kappa shape index (κ3) is 6.64. The molecule has 1 rings (SSSR count). The molecule has 0 radical (unpaired) electrons. The molecule has 0 spiro atoms. The average molecular weight is 242 g/mol. The zero-order chi connectivity index (χ0) is 12.5. The lowest BCUT2D eigenvalue weighted by Crippen LogP contribution is -2.43. The van der Waals surface area contributed by atoms with Crippen molar-refractivity contribution in [3.05, 3.63) is 0 Å². The Bertz CT molecular complexity index is 219. The molecule has 1 heterocycles. The van der Waals surface area contributed by atoms with E-state index < -0.39 is 0 Å². The van der Waals surface area contributed by atoms with E-state index in [1.165, 1.54) is 0 Å². The first-order valence-corrected chi connectivity index (χ1v) is 6.79. The van der Waals surface area contributed by atoms with Crippen LogP contribution in [0.4, 0.5) is 0 Å². The van der Waals surface area contributed by atoms with Gasteiger partial charge in [-0.25, -0.2) is 0 Å². The van der Waals surface area contributed by atoms with Crippen molar-refractivity contribution in [2.75, 3.05) is 26.3 Å². The molecule has 1 aliphatic heterocycles. The molecule has 1 fully saturated rings. The summed E-state index contributed by atoms with van der Waals surface area (Å²) in [6.07, 6.45) is 4.15. The van der Waals surface area contributed by atoms with Gasteiger partial charge in [0.2, 0.25) is 5.91 Å². The molecule has 1 saturated heterocycles. The van der Waals surface area contributed by atoms with E-state index in [2.05, 4.69) is 24.5 Å². The van der Waals surface area contributed by atoms with Crippen molar-refractivity contribution < 1.29 is 9.53 Å². The van der Waals surface area contributed by atoms with Crippen LogP contribution in [-0.2, 0) is 9.53 Å². The van der Waals surface area contributed by atoms with E-state index in [1.807, 2.05) is 0 Å². The van der Waals surface area contributed by atoms with Crippen molar-refractivity contribution in [2.45, 2.75) is 45.6 Å². The number of ether oxygens (including phenoxy) is 1. The molecular weight excluding hydrogens is 216 g/mol. The van der Waals surface area contributed by atoms with Crippen molar-refractivity contribution in [3.63, 3.8) is 0 Å². The third-order valence-corrected chi connectivity index (χ3v) is 2.84. The molecule has 1 atom stereocenters. The first-order valence-electron chi connectivity index (χ1n) is 6.79.